The molecule has 0 saturated heterocycles. The highest BCUT2D eigenvalue weighted by Crippen LogP contribution is 2.27. The van der Waals surface area contributed by atoms with Gasteiger partial charge in [-0.25, -0.2) is 14.8 Å². The Labute approximate surface area is 254 Å². The molecule has 0 aliphatic heterocycles. The van der Waals surface area contributed by atoms with Crippen molar-refractivity contribution in [2.24, 2.45) is 0 Å². The number of aromatic nitrogens is 4. The van der Waals surface area contributed by atoms with Crippen LogP contribution in [0.1, 0.15) is 58.1 Å². The summed E-state index contributed by atoms with van der Waals surface area (Å²) in [6, 6.07) is 15.9. The van der Waals surface area contributed by atoms with Crippen molar-refractivity contribution in [3.05, 3.63) is 72.6 Å². The van der Waals surface area contributed by atoms with Crippen molar-refractivity contribution in [3.63, 3.8) is 0 Å². The minimum absolute atomic E-state index is 0.381. The van der Waals surface area contributed by atoms with E-state index in [9.17, 15) is 4.79 Å². The zero-order chi connectivity index (χ0) is 30.5. The van der Waals surface area contributed by atoms with Gasteiger partial charge in [-0.15, -0.1) is 0 Å². The Bertz CT molecular complexity index is 1400. The van der Waals surface area contributed by atoms with Gasteiger partial charge in [0.25, 0.3) is 0 Å². The van der Waals surface area contributed by atoms with Crippen molar-refractivity contribution in [1.82, 2.24) is 30.5 Å². The van der Waals surface area contributed by atoms with Gasteiger partial charge in [-0.3, -0.25) is 0 Å². The quantitative estimate of drug-likeness (QED) is 0.0911. The van der Waals surface area contributed by atoms with Crippen LogP contribution in [-0.4, -0.2) is 59.4 Å². The number of hydrogen-bond acceptors (Lipinski definition) is 7. The second-order valence-electron chi connectivity index (χ2n) is 11.3. The normalized spacial score (nSPS) is 11.3. The number of alkyl carbamates (subject to hydrolysis) is 1. The lowest BCUT2D eigenvalue weighted by molar-refractivity contribution is 0.0527. The van der Waals surface area contributed by atoms with Gasteiger partial charge in [-0.2, -0.15) is 0 Å². The Morgan fingerprint density at radius 3 is 1.79 bits per heavy atom. The molecule has 4 aromatic rings. The zero-order valence-corrected chi connectivity index (χ0v) is 25.5. The van der Waals surface area contributed by atoms with Gasteiger partial charge in [0.15, 0.2) is 0 Å². The fourth-order valence-corrected chi connectivity index (χ4v) is 4.40. The number of nitrogens with zero attached hydrogens (tertiary/aromatic N) is 2. The average molecular weight is 586 g/mol. The van der Waals surface area contributed by atoms with Gasteiger partial charge in [-0.05, 0) is 113 Å². The third-order valence-electron chi connectivity index (χ3n) is 6.52. The molecule has 2 aromatic heterocycles. The number of unbranched alkanes of at least 4 members (excludes halogenated alkanes) is 2. The molecule has 0 aliphatic rings. The van der Waals surface area contributed by atoms with Crippen LogP contribution in [0.2, 0.25) is 0 Å². The second kappa shape index (κ2) is 16.0. The molecule has 43 heavy (non-hydrogen) atoms. The molecule has 1 radical (unpaired) electrons. The van der Waals surface area contributed by atoms with Crippen molar-refractivity contribution in [2.75, 3.05) is 20.2 Å². The number of hydrogen-bond donors (Lipinski definition) is 4. The molecule has 4 rings (SSSR count). The highest BCUT2D eigenvalue weighted by Gasteiger charge is 2.15. The molecule has 4 N–H and O–H groups in total. The zero-order valence-electron chi connectivity index (χ0n) is 25.5. The number of carbonyl (C=O) groups excluding carboxylic acids is 1. The SMILES string of the molecule is CO[B]NCCCCc1ncc(-c2ccc(Oc3ccc(-c4cnc(CCCCNC(=O)OC(C)(C)C)[nH]4)cc3)cc2)[nH]1. The lowest BCUT2D eigenvalue weighted by atomic mass is 10.1. The van der Waals surface area contributed by atoms with E-state index in [2.05, 4.69) is 30.5 Å². The standard InChI is InChI=1S/C32H42BN6O4/c1-32(2,3)43-31(40)34-19-7-5-9-29-35-21-27(38-29)23-11-15-25(16-12-23)42-26-17-13-24(14-18-26)28-22-36-30(39-28)10-6-8-20-37-33-41-4/h11-18,21-22,37H,5-10,19-20H2,1-4H3,(H,34,40)(H,35,38)(H,36,39). The largest absolute Gasteiger partial charge is 0.457 e. The fourth-order valence-electron chi connectivity index (χ4n) is 4.40. The number of ether oxygens (including phenoxy) is 2. The molecule has 0 unspecified atom stereocenters. The smallest absolute Gasteiger partial charge is 0.407 e. The van der Waals surface area contributed by atoms with Gasteiger partial charge in [0.1, 0.15) is 28.7 Å². The molecule has 227 valence electrons. The summed E-state index contributed by atoms with van der Waals surface area (Å²) in [6.07, 6.45) is 8.90. The van der Waals surface area contributed by atoms with E-state index in [0.29, 0.717) is 6.54 Å². The van der Waals surface area contributed by atoms with Crippen LogP contribution in [0.5, 0.6) is 11.5 Å². The number of amides is 1. The Hall–Kier alpha value is -4.09. The first kappa shape index (κ1) is 31.8. The van der Waals surface area contributed by atoms with Crippen LogP contribution in [0.25, 0.3) is 22.5 Å². The van der Waals surface area contributed by atoms with E-state index in [4.69, 9.17) is 14.1 Å². The lowest BCUT2D eigenvalue weighted by Crippen LogP contribution is -2.33. The molecule has 0 aliphatic carbocycles. The average Bonchev–Trinajstić information content (AvgIpc) is 3.65. The Kier molecular flexibility index (Phi) is 11.8. The van der Waals surface area contributed by atoms with Crippen LogP contribution in [0.15, 0.2) is 60.9 Å². The summed E-state index contributed by atoms with van der Waals surface area (Å²) >= 11 is 0. The molecule has 10 nitrogen and oxygen atoms in total. The molecule has 11 heteroatoms. The summed E-state index contributed by atoms with van der Waals surface area (Å²) in [5.74, 6) is 3.44. The fraction of sp³-hybridized carbons (Fsp3) is 0.406. The number of benzene rings is 2. The van der Waals surface area contributed by atoms with E-state index in [1.54, 1.807) is 14.7 Å². The Morgan fingerprint density at radius 2 is 1.30 bits per heavy atom. The van der Waals surface area contributed by atoms with E-state index in [1.165, 1.54) is 0 Å². The third-order valence-corrected chi connectivity index (χ3v) is 6.52. The van der Waals surface area contributed by atoms with Gasteiger partial charge in [0, 0.05) is 26.5 Å². The minimum Gasteiger partial charge on any atom is -0.457 e. The summed E-state index contributed by atoms with van der Waals surface area (Å²) in [4.78, 5) is 27.6. The molecule has 0 fully saturated rings. The summed E-state index contributed by atoms with van der Waals surface area (Å²) in [7, 11) is 3.23. The monoisotopic (exact) mass is 585 g/mol. The van der Waals surface area contributed by atoms with Crippen LogP contribution in [0.4, 0.5) is 4.79 Å². The van der Waals surface area contributed by atoms with Crippen LogP contribution >= 0.6 is 0 Å². The van der Waals surface area contributed by atoms with Crippen molar-refractivity contribution in [2.45, 2.75) is 64.9 Å². The first-order chi connectivity index (χ1) is 20.8. The van der Waals surface area contributed by atoms with Crippen LogP contribution < -0.4 is 15.3 Å². The molecule has 0 spiro atoms. The van der Waals surface area contributed by atoms with Crippen molar-refractivity contribution in [1.29, 1.82) is 0 Å². The molecule has 0 atom stereocenters. The van der Waals surface area contributed by atoms with Gasteiger partial charge in [-0.1, -0.05) is 0 Å². The number of aryl methyl sites for hydroxylation is 2. The minimum atomic E-state index is -0.487. The molecule has 1 amide bonds. The van der Waals surface area contributed by atoms with Crippen molar-refractivity contribution < 1.29 is 18.9 Å². The predicted molar refractivity (Wildman–Crippen MR) is 169 cm³/mol. The maximum absolute atomic E-state index is 11.7. The molecular formula is C32H42BN6O4. The number of H-pyrrole nitrogens is 2. The first-order valence-electron chi connectivity index (χ1n) is 14.8. The number of nitrogens with one attached hydrogen (secondary N) is 4. The summed E-state index contributed by atoms with van der Waals surface area (Å²) in [5, 5.41) is 5.89. The maximum Gasteiger partial charge on any atom is 0.407 e. The third kappa shape index (κ3) is 10.9. The molecule has 0 bridgehead atoms. The molecular weight excluding hydrogens is 543 g/mol. The molecule has 0 saturated carbocycles. The van der Waals surface area contributed by atoms with Crippen LogP contribution in [0.3, 0.4) is 0 Å². The first-order valence-corrected chi connectivity index (χ1v) is 14.8. The second-order valence-corrected chi connectivity index (χ2v) is 11.3. The topological polar surface area (TPSA) is 126 Å². The Morgan fingerprint density at radius 1 is 0.791 bits per heavy atom. The summed E-state index contributed by atoms with van der Waals surface area (Å²) in [5.41, 5.74) is 3.56. The maximum atomic E-state index is 11.7. The molecule has 2 aromatic carbocycles. The highest BCUT2D eigenvalue weighted by molar-refractivity contribution is 6.23. The van der Waals surface area contributed by atoms with Gasteiger partial charge in [0.05, 0.1) is 23.8 Å². The van der Waals surface area contributed by atoms with Gasteiger partial charge < -0.3 is 34.6 Å². The van der Waals surface area contributed by atoms with Gasteiger partial charge in [0.2, 0.25) is 0 Å². The number of aromatic amines is 2. The van der Waals surface area contributed by atoms with Crippen LogP contribution in [-0.2, 0) is 22.2 Å². The van der Waals surface area contributed by atoms with Crippen molar-refractivity contribution in [3.8, 4) is 34.0 Å². The number of rotatable bonds is 16. The molecule has 2 heterocycles. The number of carbonyl (C=O) groups is 1. The van der Waals surface area contributed by atoms with Crippen molar-refractivity contribution >= 4 is 13.7 Å². The van der Waals surface area contributed by atoms with Crippen LogP contribution in [0, 0.1) is 0 Å². The predicted octanol–water partition coefficient (Wildman–Crippen LogP) is 6.20. The Balaban J connectivity index is 1.19. The van der Waals surface area contributed by atoms with E-state index in [1.807, 2.05) is 81.7 Å². The summed E-state index contributed by atoms with van der Waals surface area (Å²) in [6.45, 7) is 7.01. The van der Waals surface area contributed by atoms with E-state index in [0.717, 1.165) is 90.7 Å². The van der Waals surface area contributed by atoms with E-state index in [-0.39, 0.29) is 6.09 Å². The van der Waals surface area contributed by atoms with E-state index < -0.39 is 5.60 Å². The highest BCUT2D eigenvalue weighted by atomic mass is 16.6. The van der Waals surface area contributed by atoms with E-state index >= 15 is 0 Å². The van der Waals surface area contributed by atoms with Gasteiger partial charge >= 0.3 is 13.7 Å². The lowest BCUT2D eigenvalue weighted by Gasteiger charge is -2.19. The summed E-state index contributed by atoms with van der Waals surface area (Å²) < 4.78 is 16.2. The number of imidazole rings is 2.